The first kappa shape index (κ1) is 12.1. The third-order valence-corrected chi connectivity index (χ3v) is 2.61. The van der Waals surface area contributed by atoms with E-state index in [1.807, 2.05) is 18.2 Å². The van der Waals surface area contributed by atoms with E-state index in [4.69, 9.17) is 4.74 Å². The molecule has 2 nitrogen and oxygen atoms in total. The zero-order valence-electron chi connectivity index (χ0n) is 9.57. The van der Waals surface area contributed by atoms with Gasteiger partial charge in [0.15, 0.2) is 0 Å². The molecule has 0 aromatic heterocycles. The Hall–Kier alpha value is -1.02. The maximum atomic E-state index is 9.21. The maximum Gasteiger partial charge on any atom is 0.119 e. The number of rotatable bonds is 6. The Bertz CT molecular complexity index is 284. The molecule has 0 spiro atoms. The Kier molecular flexibility index (Phi) is 5.19. The molecule has 0 bridgehead atoms. The molecule has 0 saturated heterocycles. The van der Waals surface area contributed by atoms with Crippen LogP contribution in [-0.2, 0) is 6.42 Å². The summed E-state index contributed by atoms with van der Waals surface area (Å²) in [6.07, 6.45) is 3.13. The summed E-state index contributed by atoms with van der Waals surface area (Å²) in [5, 5.41) is 9.21. The minimum atomic E-state index is 0.269. The Morgan fingerprint density at radius 2 is 2.20 bits per heavy atom. The van der Waals surface area contributed by atoms with Gasteiger partial charge in [-0.15, -0.1) is 0 Å². The van der Waals surface area contributed by atoms with Gasteiger partial charge in [-0.25, -0.2) is 0 Å². The quantitative estimate of drug-likeness (QED) is 0.778. The molecule has 0 amide bonds. The Balaban J connectivity index is 2.61. The van der Waals surface area contributed by atoms with E-state index < -0.39 is 0 Å². The lowest BCUT2D eigenvalue weighted by Gasteiger charge is -2.13. The van der Waals surface area contributed by atoms with Gasteiger partial charge in [-0.2, -0.15) is 0 Å². The average Bonchev–Trinajstić information content (AvgIpc) is 2.29. The lowest BCUT2D eigenvalue weighted by molar-refractivity contribution is 0.217. The zero-order valence-corrected chi connectivity index (χ0v) is 9.57. The molecule has 0 aliphatic rings. The van der Waals surface area contributed by atoms with Gasteiger partial charge in [-0.05, 0) is 36.5 Å². The highest BCUT2D eigenvalue weighted by atomic mass is 16.5. The second-order valence-electron chi connectivity index (χ2n) is 3.89. The number of aliphatic hydroxyl groups is 1. The summed E-state index contributed by atoms with van der Waals surface area (Å²) in [5.74, 6) is 1.27. The summed E-state index contributed by atoms with van der Waals surface area (Å²) in [7, 11) is 1.68. The molecule has 1 N–H and O–H groups in total. The van der Waals surface area contributed by atoms with E-state index in [-0.39, 0.29) is 6.61 Å². The van der Waals surface area contributed by atoms with Crippen LogP contribution in [0.1, 0.15) is 25.3 Å². The van der Waals surface area contributed by atoms with Gasteiger partial charge >= 0.3 is 0 Å². The minimum absolute atomic E-state index is 0.269. The van der Waals surface area contributed by atoms with Crippen molar-refractivity contribution >= 4 is 0 Å². The molecule has 0 aliphatic carbocycles. The van der Waals surface area contributed by atoms with E-state index in [0.29, 0.717) is 5.92 Å². The molecule has 0 radical (unpaired) electrons. The molecular weight excluding hydrogens is 188 g/mol. The predicted molar refractivity (Wildman–Crippen MR) is 62.2 cm³/mol. The van der Waals surface area contributed by atoms with Crippen LogP contribution in [0.4, 0.5) is 0 Å². The van der Waals surface area contributed by atoms with Gasteiger partial charge in [-0.1, -0.05) is 25.5 Å². The first-order valence-electron chi connectivity index (χ1n) is 5.54. The van der Waals surface area contributed by atoms with Gasteiger partial charge in [0.25, 0.3) is 0 Å². The van der Waals surface area contributed by atoms with Crippen LogP contribution in [0.25, 0.3) is 0 Å². The zero-order chi connectivity index (χ0) is 11.1. The largest absolute Gasteiger partial charge is 0.497 e. The molecule has 0 unspecified atom stereocenters. The van der Waals surface area contributed by atoms with Crippen LogP contribution in [0.3, 0.4) is 0 Å². The predicted octanol–water partition coefficient (Wildman–Crippen LogP) is 2.65. The van der Waals surface area contributed by atoms with Gasteiger partial charge in [0.05, 0.1) is 7.11 Å². The second-order valence-corrected chi connectivity index (χ2v) is 3.89. The molecular formula is C13H20O2. The SMILES string of the molecule is CCC[C@H](CO)Cc1cccc(OC)c1. The summed E-state index contributed by atoms with van der Waals surface area (Å²) >= 11 is 0. The van der Waals surface area contributed by atoms with Gasteiger partial charge in [-0.3, -0.25) is 0 Å². The number of methoxy groups -OCH3 is 1. The monoisotopic (exact) mass is 208 g/mol. The fourth-order valence-corrected chi connectivity index (χ4v) is 1.80. The third-order valence-electron chi connectivity index (χ3n) is 2.61. The van der Waals surface area contributed by atoms with Crippen molar-refractivity contribution in [3.63, 3.8) is 0 Å². The van der Waals surface area contributed by atoms with Crippen LogP contribution in [0.5, 0.6) is 5.75 Å². The summed E-state index contributed by atoms with van der Waals surface area (Å²) in [6, 6.07) is 8.06. The molecule has 84 valence electrons. The topological polar surface area (TPSA) is 29.5 Å². The van der Waals surface area contributed by atoms with Crippen molar-refractivity contribution in [2.24, 2.45) is 5.92 Å². The highest BCUT2D eigenvalue weighted by Crippen LogP contribution is 2.18. The van der Waals surface area contributed by atoms with E-state index in [0.717, 1.165) is 25.0 Å². The minimum Gasteiger partial charge on any atom is -0.497 e. The molecule has 0 fully saturated rings. The molecule has 0 aliphatic heterocycles. The fraction of sp³-hybridized carbons (Fsp3) is 0.538. The molecule has 1 aromatic carbocycles. The van der Waals surface area contributed by atoms with E-state index >= 15 is 0 Å². The molecule has 1 aromatic rings. The molecule has 0 heterocycles. The first-order valence-corrected chi connectivity index (χ1v) is 5.54. The van der Waals surface area contributed by atoms with Crippen LogP contribution < -0.4 is 4.74 Å². The van der Waals surface area contributed by atoms with Crippen molar-refractivity contribution in [3.8, 4) is 5.75 Å². The van der Waals surface area contributed by atoms with E-state index in [1.54, 1.807) is 7.11 Å². The Morgan fingerprint density at radius 1 is 1.40 bits per heavy atom. The van der Waals surface area contributed by atoms with Crippen LogP contribution in [0.2, 0.25) is 0 Å². The number of hydrogen-bond acceptors (Lipinski definition) is 2. The molecule has 0 saturated carbocycles. The Morgan fingerprint density at radius 3 is 2.80 bits per heavy atom. The van der Waals surface area contributed by atoms with Crippen molar-refractivity contribution < 1.29 is 9.84 Å². The molecule has 1 atom stereocenters. The first-order chi connectivity index (χ1) is 7.30. The van der Waals surface area contributed by atoms with Crippen molar-refractivity contribution in [1.29, 1.82) is 0 Å². The molecule has 1 rings (SSSR count). The van der Waals surface area contributed by atoms with E-state index in [1.165, 1.54) is 5.56 Å². The van der Waals surface area contributed by atoms with Gasteiger partial charge < -0.3 is 9.84 Å². The van der Waals surface area contributed by atoms with Gasteiger partial charge in [0.1, 0.15) is 5.75 Å². The van der Waals surface area contributed by atoms with Crippen molar-refractivity contribution in [3.05, 3.63) is 29.8 Å². The summed E-state index contributed by atoms with van der Waals surface area (Å²) < 4.78 is 5.17. The van der Waals surface area contributed by atoms with Crippen LogP contribution >= 0.6 is 0 Å². The number of ether oxygens (including phenoxy) is 1. The lowest BCUT2D eigenvalue weighted by Crippen LogP contribution is -2.09. The smallest absolute Gasteiger partial charge is 0.119 e. The molecule has 15 heavy (non-hydrogen) atoms. The van der Waals surface area contributed by atoms with Gasteiger partial charge in [0, 0.05) is 6.61 Å². The molecule has 2 heteroatoms. The highest BCUT2D eigenvalue weighted by molar-refractivity contribution is 5.28. The van der Waals surface area contributed by atoms with Crippen LogP contribution in [0.15, 0.2) is 24.3 Å². The van der Waals surface area contributed by atoms with E-state index in [2.05, 4.69) is 13.0 Å². The average molecular weight is 208 g/mol. The maximum absolute atomic E-state index is 9.21. The third kappa shape index (κ3) is 3.92. The van der Waals surface area contributed by atoms with Crippen molar-refractivity contribution in [2.45, 2.75) is 26.2 Å². The normalized spacial score (nSPS) is 12.5. The van der Waals surface area contributed by atoms with Crippen molar-refractivity contribution in [1.82, 2.24) is 0 Å². The summed E-state index contributed by atoms with van der Waals surface area (Å²) in [5.41, 5.74) is 1.24. The number of benzene rings is 1. The number of hydrogen-bond donors (Lipinski definition) is 1. The van der Waals surface area contributed by atoms with Crippen LogP contribution in [-0.4, -0.2) is 18.8 Å². The van der Waals surface area contributed by atoms with Crippen LogP contribution in [0, 0.1) is 5.92 Å². The van der Waals surface area contributed by atoms with Gasteiger partial charge in [0.2, 0.25) is 0 Å². The Labute approximate surface area is 91.9 Å². The number of aliphatic hydroxyl groups excluding tert-OH is 1. The lowest BCUT2D eigenvalue weighted by atomic mass is 9.96. The van der Waals surface area contributed by atoms with E-state index in [9.17, 15) is 5.11 Å². The highest BCUT2D eigenvalue weighted by Gasteiger charge is 2.07. The summed E-state index contributed by atoms with van der Waals surface area (Å²) in [4.78, 5) is 0. The fourth-order valence-electron chi connectivity index (χ4n) is 1.80. The second kappa shape index (κ2) is 6.46. The standard InChI is InChI=1S/C13H20O2/c1-3-5-12(10-14)8-11-6-4-7-13(9-11)15-2/h4,6-7,9,12,14H,3,5,8,10H2,1-2H3/t12-/m0/s1. The van der Waals surface area contributed by atoms with Crippen molar-refractivity contribution in [2.75, 3.05) is 13.7 Å². The summed E-state index contributed by atoms with van der Waals surface area (Å²) in [6.45, 7) is 2.42.